The van der Waals surface area contributed by atoms with Crippen LogP contribution in [0.2, 0.25) is 0 Å². The molecule has 0 aromatic heterocycles. The van der Waals surface area contributed by atoms with Crippen LogP contribution in [-0.2, 0) is 4.79 Å². The van der Waals surface area contributed by atoms with E-state index in [2.05, 4.69) is 30.5 Å². The Morgan fingerprint density at radius 3 is 2.56 bits per heavy atom. The fourth-order valence-corrected chi connectivity index (χ4v) is 2.66. The average molecular weight is 356 g/mol. The van der Waals surface area contributed by atoms with E-state index in [4.69, 9.17) is 17.0 Å². The van der Waals surface area contributed by atoms with E-state index in [1.807, 2.05) is 49.4 Å². The van der Waals surface area contributed by atoms with Gasteiger partial charge in [0.15, 0.2) is 11.7 Å². The Balaban J connectivity index is 1.90. The molecule has 0 aliphatic heterocycles. The molecule has 25 heavy (non-hydrogen) atoms. The molecule has 0 saturated carbocycles. The van der Waals surface area contributed by atoms with Crippen molar-refractivity contribution in [3.05, 3.63) is 59.7 Å². The maximum Gasteiger partial charge on any atom is 0.264 e. The zero-order valence-corrected chi connectivity index (χ0v) is 15.7. The highest BCUT2D eigenvalue weighted by Gasteiger charge is 2.11. The van der Waals surface area contributed by atoms with E-state index >= 15 is 0 Å². The number of carbonyl (C=O) groups is 1. The van der Waals surface area contributed by atoms with Crippen molar-refractivity contribution in [3.8, 4) is 5.75 Å². The Kier molecular flexibility index (Phi) is 6.95. The molecule has 0 spiro atoms. The van der Waals surface area contributed by atoms with Crippen molar-refractivity contribution in [1.82, 2.24) is 5.32 Å². The average Bonchev–Trinajstić information content (AvgIpc) is 2.60. The van der Waals surface area contributed by atoms with Crippen LogP contribution in [0.3, 0.4) is 0 Å². The lowest BCUT2D eigenvalue weighted by atomic mass is 9.97. The number of benzene rings is 2. The lowest BCUT2D eigenvalue weighted by Gasteiger charge is -2.17. The highest BCUT2D eigenvalue weighted by Crippen LogP contribution is 2.26. The molecule has 0 aliphatic carbocycles. The van der Waals surface area contributed by atoms with Gasteiger partial charge in [0.05, 0.1) is 0 Å². The fraction of sp³-hybridized carbons (Fsp3) is 0.300. The first-order valence-corrected chi connectivity index (χ1v) is 8.80. The summed E-state index contributed by atoms with van der Waals surface area (Å²) in [6, 6.07) is 15.6. The minimum Gasteiger partial charge on any atom is -0.483 e. The van der Waals surface area contributed by atoms with E-state index in [0.29, 0.717) is 11.7 Å². The smallest absolute Gasteiger partial charge is 0.264 e. The number of carbonyl (C=O) groups excluding carboxylic acids is 1. The van der Waals surface area contributed by atoms with Gasteiger partial charge in [0.1, 0.15) is 5.75 Å². The second-order valence-electron chi connectivity index (χ2n) is 5.95. The molecular formula is C20H24N2O2S. The number of amides is 1. The first kappa shape index (κ1) is 18.9. The lowest BCUT2D eigenvalue weighted by molar-refractivity contribution is -0.121. The molecule has 0 bridgehead atoms. The maximum atomic E-state index is 12.0. The van der Waals surface area contributed by atoms with Crippen LogP contribution in [0.25, 0.3) is 0 Å². The number of thiocarbonyl (C=S) groups is 1. The zero-order valence-electron chi connectivity index (χ0n) is 14.8. The molecule has 0 aliphatic rings. The van der Waals surface area contributed by atoms with Gasteiger partial charge in [-0.25, -0.2) is 0 Å². The largest absolute Gasteiger partial charge is 0.483 e. The minimum atomic E-state index is -0.290. The van der Waals surface area contributed by atoms with E-state index in [-0.39, 0.29) is 17.6 Å². The van der Waals surface area contributed by atoms with Crippen LogP contribution in [0.4, 0.5) is 5.69 Å². The zero-order chi connectivity index (χ0) is 18.2. The molecule has 2 N–H and O–H groups in total. The summed E-state index contributed by atoms with van der Waals surface area (Å²) in [6.07, 6.45) is 1.03. The third-order valence-electron chi connectivity index (χ3n) is 4.06. The van der Waals surface area contributed by atoms with Gasteiger partial charge < -0.3 is 10.1 Å². The van der Waals surface area contributed by atoms with Crippen molar-refractivity contribution >= 4 is 28.9 Å². The second-order valence-corrected chi connectivity index (χ2v) is 6.36. The van der Waals surface area contributed by atoms with E-state index in [1.54, 1.807) is 0 Å². The van der Waals surface area contributed by atoms with Crippen LogP contribution in [0.5, 0.6) is 5.75 Å². The Bertz CT molecular complexity index is 746. The number of rotatable bonds is 6. The predicted octanol–water partition coefficient (Wildman–Crippen LogP) is 4.40. The molecule has 0 unspecified atom stereocenters. The first-order chi connectivity index (χ1) is 12.0. The topological polar surface area (TPSA) is 50.4 Å². The van der Waals surface area contributed by atoms with Crippen LogP contribution in [0.1, 0.15) is 37.3 Å². The molecule has 5 heteroatoms. The Hall–Kier alpha value is -2.40. The molecule has 2 aromatic carbocycles. The highest BCUT2D eigenvalue weighted by atomic mass is 32.1. The molecule has 0 heterocycles. The third kappa shape index (κ3) is 5.57. The molecule has 0 fully saturated rings. The number of anilines is 1. The molecular weight excluding hydrogens is 332 g/mol. The fourth-order valence-electron chi connectivity index (χ4n) is 2.44. The number of ether oxygens (including phenoxy) is 1. The quantitative estimate of drug-likeness (QED) is 0.753. The Morgan fingerprint density at radius 2 is 1.84 bits per heavy atom. The van der Waals surface area contributed by atoms with Crippen LogP contribution >= 0.6 is 12.2 Å². The summed E-state index contributed by atoms with van der Waals surface area (Å²) in [5, 5.41) is 6.04. The second kappa shape index (κ2) is 9.18. The van der Waals surface area contributed by atoms with Crippen molar-refractivity contribution in [2.45, 2.75) is 33.1 Å². The summed E-state index contributed by atoms with van der Waals surface area (Å²) < 4.78 is 5.53. The molecule has 0 saturated heterocycles. The molecule has 2 rings (SSSR count). The summed E-state index contributed by atoms with van der Waals surface area (Å²) in [6.45, 7) is 6.16. The van der Waals surface area contributed by atoms with Crippen LogP contribution in [0.15, 0.2) is 48.5 Å². The number of hydrogen-bond donors (Lipinski definition) is 2. The third-order valence-corrected chi connectivity index (χ3v) is 4.26. The normalized spacial score (nSPS) is 11.5. The standard InChI is InChI=1S/C20H24N2O2S/c1-4-14(2)16-10-6-7-11-17(16)21-20(25)22-19(23)13-24-18-12-8-5-9-15(18)3/h5-12,14H,4,13H2,1-3H3,(H2,21,22,23,25)/t14-/m0/s1. The van der Waals surface area contributed by atoms with Gasteiger partial charge in [-0.1, -0.05) is 50.2 Å². The Morgan fingerprint density at radius 1 is 1.16 bits per heavy atom. The van der Waals surface area contributed by atoms with Gasteiger partial charge in [-0.2, -0.15) is 0 Å². The van der Waals surface area contributed by atoms with E-state index < -0.39 is 0 Å². The highest BCUT2D eigenvalue weighted by molar-refractivity contribution is 7.80. The van der Waals surface area contributed by atoms with Gasteiger partial charge in [-0.3, -0.25) is 10.1 Å². The van der Waals surface area contributed by atoms with Crippen LogP contribution in [0, 0.1) is 6.92 Å². The number of para-hydroxylation sites is 2. The monoisotopic (exact) mass is 356 g/mol. The Labute approximate surface area is 154 Å². The van der Waals surface area contributed by atoms with Crippen molar-refractivity contribution in [2.75, 3.05) is 11.9 Å². The van der Waals surface area contributed by atoms with Gasteiger partial charge in [-0.05, 0) is 54.7 Å². The van der Waals surface area contributed by atoms with Gasteiger partial charge in [0.25, 0.3) is 5.91 Å². The van der Waals surface area contributed by atoms with Crippen molar-refractivity contribution in [3.63, 3.8) is 0 Å². The molecule has 1 atom stereocenters. The number of aryl methyl sites for hydroxylation is 1. The minimum absolute atomic E-state index is 0.0836. The van der Waals surface area contributed by atoms with E-state index in [9.17, 15) is 4.79 Å². The van der Waals surface area contributed by atoms with Gasteiger partial charge in [0.2, 0.25) is 0 Å². The molecule has 4 nitrogen and oxygen atoms in total. The lowest BCUT2D eigenvalue weighted by Crippen LogP contribution is -2.37. The van der Waals surface area contributed by atoms with Gasteiger partial charge in [-0.15, -0.1) is 0 Å². The van der Waals surface area contributed by atoms with E-state index in [1.165, 1.54) is 5.56 Å². The maximum absolute atomic E-state index is 12.0. The van der Waals surface area contributed by atoms with Crippen LogP contribution in [-0.4, -0.2) is 17.6 Å². The molecule has 2 aromatic rings. The summed E-state index contributed by atoms with van der Waals surface area (Å²) >= 11 is 5.25. The SMILES string of the molecule is CC[C@H](C)c1ccccc1NC(=S)NC(=O)COc1ccccc1C. The van der Waals surface area contributed by atoms with E-state index in [0.717, 1.165) is 17.7 Å². The predicted molar refractivity (Wildman–Crippen MR) is 106 cm³/mol. The number of nitrogens with one attached hydrogen (secondary N) is 2. The van der Waals surface area contributed by atoms with Gasteiger partial charge in [0, 0.05) is 5.69 Å². The van der Waals surface area contributed by atoms with Crippen molar-refractivity contribution < 1.29 is 9.53 Å². The molecule has 0 radical (unpaired) electrons. The van der Waals surface area contributed by atoms with Gasteiger partial charge >= 0.3 is 0 Å². The van der Waals surface area contributed by atoms with Crippen LogP contribution < -0.4 is 15.4 Å². The molecule has 1 amide bonds. The summed E-state index contributed by atoms with van der Waals surface area (Å²) in [7, 11) is 0. The summed E-state index contributed by atoms with van der Waals surface area (Å²) in [5.74, 6) is 0.812. The van der Waals surface area contributed by atoms with Crippen molar-refractivity contribution in [2.24, 2.45) is 0 Å². The summed E-state index contributed by atoms with van der Waals surface area (Å²) in [4.78, 5) is 12.0. The number of hydrogen-bond acceptors (Lipinski definition) is 3. The van der Waals surface area contributed by atoms with Crippen molar-refractivity contribution in [1.29, 1.82) is 0 Å². The summed E-state index contributed by atoms with van der Waals surface area (Å²) in [5.41, 5.74) is 3.08. The molecule has 132 valence electrons. The first-order valence-electron chi connectivity index (χ1n) is 8.39.